The first kappa shape index (κ1) is 13.2. The number of aromatic nitrogens is 2. The standard InChI is InChI=1S/C16H10F2N2O/c17-12-5-1-3-10(7-12)14-9-19-20-16(21)15(14)11-4-2-6-13(18)8-11/h1-9H,(H,20,21). The Labute approximate surface area is 118 Å². The highest BCUT2D eigenvalue weighted by molar-refractivity contribution is 5.82. The summed E-state index contributed by atoms with van der Waals surface area (Å²) in [4.78, 5) is 12.1. The number of benzene rings is 2. The van der Waals surface area contributed by atoms with Gasteiger partial charge in [-0.15, -0.1) is 0 Å². The minimum absolute atomic E-state index is 0.259. The fourth-order valence-corrected chi connectivity index (χ4v) is 2.20. The predicted octanol–water partition coefficient (Wildman–Crippen LogP) is 3.38. The summed E-state index contributed by atoms with van der Waals surface area (Å²) in [5.74, 6) is -0.869. The molecule has 0 fully saturated rings. The van der Waals surface area contributed by atoms with E-state index in [0.717, 1.165) is 0 Å². The average Bonchev–Trinajstić information content (AvgIpc) is 2.47. The van der Waals surface area contributed by atoms with Gasteiger partial charge in [-0.25, -0.2) is 13.9 Å². The van der Waals surface area contributed by atoms with Crippen molar-refractivity contribution in [2.45, 2.75) is 0 Å². The molecule has 0 saturated carbocycles. The Balaban J connectivity index is 2.28. The Hall–Kier alpha value is -2.82. The van der Waals surface area contributed by atoms with Gasteiger partial charge in [0.25, 0.3) is 5.56 Å². The summed E-state index contributed by atoms with van der Waals surface area (Å²) in [5.41, 5.74) is 1.17. The highest BCUT2D eigenvalue weighted by Crippen LogP contribution is 2.28. The molecule has 3 aromatic rings. The van der Waals surface area contributed by atoms with E-state index < -0.39 is 17.2 Å². The van der Waals surface area contributed by atoms with E-state index in [1.165, 1.54) is 36.5 Å². The Kier molecular flexibility index (Phi) is 3.31. The Bertz CT molecular complexity index is 859. The van der Waals surface area contributed by atoms with E-state index >= 15 is 0 Å². The van der Waals surface area contributed by atoms with Gasteiger partial charge in [0.05, 0.1) is 11.8 Å². The molecule has 0 spiro atoms. The van der Waals surface area contributed by atoms with Crippen molar-refractivity contribution in [3.63, 3.8) is 0 Å². The number of nitrogens with zero attached hydrogens (tertiary/aromatic N) is 1. The number of rotatable bonds is 2. The monoisotopic (exact) mass is 284 g/mol. The van der Waals surface area contributed by atoms with Crippen LogP contribution in [-0.2, 0) is 0 Å². The Morgan fingerprint density at radius 2 is 1.52 bits per heavy atom. The summed E-state index contributed by atoms with van der Waals surface area (Å²) in [6, 6.07) is 11.5. The normalized spacial score (nSPS) is 10.6. The van der Waals surface area contributed by atoms with Crippen molar-refractivity contribution in [1.29, 1.82) is 0 Å². The highest BCUT2D eigenvalue weighted by Gasteiger charge is 2.13. The van der Waals surface area contributed by atoms with Crippen molar-refractivity contribution in [3.05, 3.63) is 76.7 Å². The molecular weight excluding hydrogens is 274 g/mol. The predicted molar refractivity (Wildman–Crippen MR) is 75.6 cm³/mol. The van der Waals surface area contributed by atoms with Gasteiger partial charge in [-0.1, -0.05) is 24.3 Å². The van der Waals surface area contributed by atoms with Crippen LogP contribution in [0.25, 0.3) is 22.3 Å². The summed E-state index contributed by atoms with van der Waals surface area (Å²) in [5, 5.41) is 6.07. The van der Waals surface area contributed by atoms with E-state index in [0.29, 0.717) is 16.7 Å². The molecule has 3 rings (SSSR count). The molecule has 21 heavy (non-hydrogen) atoms. The fraction of sp³-hybridized carbons (Fsp3) is 0. The van der Waals surface area contributed by atoms with Gasteiger partial charge in [-0.05, 0) is 35.4 Å². The van der Waals surface area contributed by atoms with E-state index in [2.05, 4.69) is 10.2 Å². The zero-order valence-corrected chi connectivity index (χ0v) is 10.8. The van der Waals surface area contributed by atoms with Gasteiger partial charge in [0.15, 0.2) is 0 Å². The molecule has 0 unspecified atom stereocenters. The van der Waals surface area contributed by atoms with Gasteiger partial charge >= 0.3 is 0 Å². The molecule has 104 valence electrons. The average molecular weight is 284 g/mol. The lowest BCUT2D eigenvalue weighted by Crippen LogP contribution is -2.12. The van der Waals surface area contributed by atoms with Crippen molar-refractivity contribution >= 4 is 0 Å². The molecule has 0 amide bonds. The van der Waals surface area contributed by atoms with Crippen molar-refractivity contribution in [2.75, 3.05) is 0 Å². The molecule has 5 heteroatoms. The number of hydrogen-bond donors (Lipinski definition) is 1. The van der Waals surface area contributed by atoms with Crippen LogP contribution < -0.4 is 5.56 Å². The van der Waals surface area contributed by atoms with E-state index in [1.54, 1.807) is 18.2 Å². The summed E-state index contributed by atoms with van der Waals surface area (Å²) in [6.45, 7) is 0. The van der Waals surface area contributed by atoms with Crippen LogP contribution in [-0.4, -0.2) is 10.2 Å². The van der Waals surface area contributed by atoms with Gasteiger partial charge in [-0.2, -0.15) is 5.10 Å². The van der Waals surface area contributed by atoms with Crippen LogP contribution in [0.2, 0.25) is 0 Å². The largest absolute Gasteiger partial charge is 0.272 e. The van der Waals surface area contributed by atoms with Crippen LogP contribution in [0, 0.1) is 11.6 Å². The maximum Gasteiger partial charge on any atom is 0.272 e. The maximum absolute atomic E-state index is 13.4. The second-order valence-electron chi connectivity index (χ2n) is 4.51. The number of hydrogen-bond acceptors (Lipinski definition) is 2. The molecule has 0 aliphatic heterocycles. The highest BCUT2D eigenvalue weighted by atomic mass is 19.1. The van der Waals surface area contributed by atoms with Gasteiger partial charge < -0.3 is 0 Å². The van der Waals surface area contributed by atoms with Crippen LogP contribution in [0.4, 0.5) is 8.78 Å². The van der Waals surface area contributed by atoms with Crippen LogP contribution in [0.3, 0.4) is 0 Å². The third kappa shape index (κ3) is 2.58. The van der Waals surface area contributed by atoms with Crippen LogP contribution in [0.5, 0.6) is 0 Å². The zero-order chi connectivity index (χ0) is 14.8. The van der Waals surface area contributed by atoms with Crippen molar-refractivity contribution in [1.82, 2.24) is 10.2 Å². The molecule has 0 radical (unpaired) electrons. The molecule has 3 nitrogen and oxygen atoms in total. The lowest BCUT2D eigenvalue weighted by molar-refractivity contribution is 0.627. The molecule has 0 saturated heterocycles. The molecule has 0 aliphatic carbocycles. The van der Waals surface area contributed by atoms with Crippen LogP contribution in [0.15, 0.2) is 59.5 Å². The molecule has 0 aliphatic rings. The molecular formula is C16H10F2N2O. The van der Waals surface area contributed by atoms with E-state index in [1.807, 2.05) is 0 Å². The lowest BCUT2D eigenvalue weighted by atomic mass is 9.97. The molecule has 1 heterocycles. The minimum Gasteiger partial charge on any atom is -0.267 e. The van der Waals surface area contributed by atoms with Crippen molar-refractivity contribution in [2.24, 2.45) is 0 Å². The van der Waals surface area contributed by atoms with Gasteiger partial charge in [-0.3, -0.25) is 4.79 Å². The maximum atomic E-state index is 13.4. The Morgan fingerprint density at radius 3 is 2.19 bits per heavy atom. The first-order valence-electron chi connectivity index (χ1n) is 6.25. The van der Waals surface area contributed by atoms with E-state index in [-0.39, 0.29) is 5.56 Å². The van der Waals surface area contributed by atoms with Gasteiger partial charge in [0.2, 0.25) is 0 Å². The molecule has 1 aromatic heterocycles. The molecule has 0 atom stereocenters. The zero-order valence-electron chi connectivity index (χ0n) is 10.8. The van der Waals surface area contributed by atoms with Crippen molar-refractivity contribution < 1.29 is 8.78 Å². The second kappa shape index (κ2) is 5.28. The van der Waals surface area contributed by atoms with E-state index in [9.17, 15) is 13.6 Å². The third-order valence-electron chi connectivity index (χ3n) is 3.11. The molecule has 2 aromatic carbocycles. The van der Waals surface area contributed by atoms with Gasteiger partial charge in [0, 0.05) is 5.56 Å². The van der Waals surface area contributed by atoms with Crippen molar-refractivity contribution in [3.8, 4) is 22.3 Å². The lowest BCUT2D eigenvalue weighted by Gasteiger charge is -2.08. The van der Waals surface area contributed by atoms with E-state index in [4.69, 9.17) is 0 Å². The Morgan fingerprint density at radius 1 is 0.905 bits per heavy atom. The third-order valence-corrected chi connectivity index (χ3v) is 3.11. The summed E-state index contributed by atoms with van der Waals surface area (Å²) in [6.07, 6.45) is 1.43. The summed E-state index contributed by atoms with van der Waals surface area (Å²) < 4.78 is 26.8. The molecule has 1 N–H and O–H groups in total. The number of halogens is 2. The molecule has 0 bridgehead atoms. The summed E-state index contributed by atoms with van der Waals surface area (Å²) in [7, 11) is 0. The minimum atomic E-state index is -0.456. The fourth-order valence-electron chi connectivity index (χ4n) is 2.20. The smallest absolute Gasteiger partial charge is 0.267 e. The second-order valence-corrected chi connectivity index (χ2v) is 4.51. The quantitative estimate of drug-likeness (QED) is 0.784. The van der Waals surface area contributed by atoms with Crippen LogP contribution in [0.1, 0.15) is 0 Å². The first-order chi connectivity index (χ1) is 10.1. The number of aromatic amines is 1. The SMILES string of the molecule is O=c1[nH]ncc(-c2cccc(F)c2)c1-c1cccc(F)c1. The van der Waals surface area contributed by atoms with Gasteiger partial charge in [0.1, 0.15) is 11.6 Å². The summed E-state index contributed by atoms with van der Waals surface area (Å²) >= 11 is 0. The topological polar surface area (TPSA) is 45.8 Å². The first-order valence-corrected chi connectivity index (χ1v) is 6.25. The number of nitrogens with one attached hydrogen (secondary N) is 1. The van der Waals surface area contributed by atoms with Crippen LogP contribution >= 0.6 is 0 Å². The number of H-pyrrole nitrogens is 1.